The summed E-state index contributed by atoms with van der Waals surface area (Å²) in [5.74, 6) is -0.764. The van der Waals surface area contributed by atoms with E-state index in [9.17, 15) is 9.18 Å². The fourth-order valence-corrected chi connectivity index (χ4v) is 3.43. The Balaban J connectivity index is 2.12. The summed E-state index contributed by atoms with van der Waals surface area (Å²) < 4.78 is 13.9. The number of nitrogens with two attached hydrogens (primary N) is 1. The van der Waals surface area contributed by atoms with Crippen LogP contribution in [0.1, 0.15) is 51.1 Å². The Kier molecular flexibility index (Phi) is 4.89. The SMILES string of the molecule is CC(NC(=O)C1CCCCC1(C)N)c1c(F)cccc1Cl. The molecule has 0 aromatic heterocycles. The van der Waals surface area contributed by atoms with E-state index in [1.54, 1.807) is 19.1 Å². The molecule has 0 radical (unpaired) electrons. The Labute approximate surface area is 130 Å². The van der Waals surface area contributed by atoms with Gasteiger partial charge in [-0.3, -0.25) is 4.79 Å². The van der Waals surface area contributed by atoms with Crippen molar-refractivity contribution in [2.45, 2.75) is 51.1 Å². The van der Waals surface area contributed by atoms with Gasteiger partial charge in [-0.05, 0) is 38.8 Å². The molecular formula is C16H22ClFN2O. The molecular weight excluding hydrogens is 291 g/mol. The predicted octanol–water partition coefficient (Wildman–Crippen LogP) is 3.56. The van der Waals surface area contributed by atoms with Gasteiger partial charge in [0.2, 0.25) is 5.91 Å². The average Bonchev–Trinajstić information content (AvgIpc) is 2.37. The second kappa shape index (κ2) is 6.32. The first kappa shape index (κ1) is 16.2. The summed E-state index contributed by atoms with van der Waals surface area (Å²) in [5.41, 5.74) is 6.06. The molecule has 3 unspecified atom stereocenters. The first-order valence-electron chi connectivity index (χ1n) is 7.36. The first-order chi connectivity index (χ1) is 9.83. The standard InChI is InChI=1S/C16H22ClFN2O/c1-10(14-12(17)7-5-8-13(14)18)20-15(21)11-6-3-4-9-16(11,2)19/h5,7-8,10-11H,3-4,6,9,19H2,1-2H3,(H,20,21). The van der Waals surface area contributed by atoms with Crippen molar-refractivity contribution in [1.29, 1.82) is 0 Å². The lowest BCUT2D eigenvalue weighted by Crippen LogP contribution is -2.53. The molecule has 1 aromatic carbocycles. The molecule has 3 atom stereocenters. The molecule has 0 saturated heterocycles. The first-order valence-corrected chi connectivity index (χ1v) is 7.74. The Morgan fingerprint density at radius 2 is 2.24 bits per heavy atom. The molecule has 116 valence electrons. The van der Waals surface area contributed by atoms with E-state index in [1.807, 2.05) is 6.92 Å². The van der Waals surface area contributed by atoms with Crippen LogP contribution >= 0.6 is 11.6 Å². The molecule has 5 heteroatoms. The van der Waals surface area contributed by atoms with Crippen LogP contribution in [0.4, 0.5) is 4.39 Å². The number of hydrogen-bond donors (Lipinski definition) is 2. The third-order valence-corrected chi connectivity index (χ3v) is 4.69. The Morgan fingerprint density at radius 1 is 1.52 bits per heavy atom. The number of nitrogens with one attached hydrogen (secondary N) is 1. The van der Waals surface area contributed by atoms with Gasteiger partial charge in [0, 0.05) is 16.1 Å². The summed E-state index contributed by atoms with van der Waals surface area (Å²) in [6.45, 7) is 3.65. The van der Waals surface area contributed by atoms with Gasteiger partial charge in [-0.25, -0.2) is 4.39 Å². The molecule has 21 heavy (non-hydrogen) atoms. The van der Waals surface area contributed by atoms with Crippen LogP contribution in [0.3, 0.4) is 0 Å². The summed E-state index contributed by atoms with van der Waals surface area (Å²) >= 11 is 6.03. The number of halogens is 2. The van der Waals surface area contributed by atoms with Crippen LogP contribution in [-0.2, 0) is 4.79 Å². The van der Waals surface area contributed by atoms with Crippen LogP contribution in [0.2, 0.25) is 5.02 Å². The van der Waals surface area contributed by atoms with E-state index in [0.29, 0.717) is 10.6 Å². The minimum Gasteiger partial charge on any atom is -0.349 e. The summed E-state index contributed by atoms with van der Waals surface area (Å²) in [7, 11) is 0. The van der Waals surface area contributed by atoms with Gasteiger partial charge in [0.25, 0.3) is 0 Å². The van der Waals surface area contributed by atoms with E-state index in [2.05, 4.69) is 5.32 Å². The summed E-state index contributed by atoms with van der Waals surface area (Å²) in [6, 6.07) is 4.03. The van der Waals surface area contributed by atoms with Crippen molar-refractivity contribution < 1.29 is 9.18 Å². The average molecular weight is 313 g/mol. The van der Waals surface area contributed by atoms with Crippen LogP contribution < -0.4 is 11.1 Å². The van der Waals surface area contributed by atoms with Gasteiger partial charge >= 0.3 is 0 Å². The fourth-order valence-electron chi connectivity index (χ4n) is 3.10. The molecule has 1 aliphatic rings. The van der Waals surface area contributed by atoms with Crippen molar-refractivity contribution in [3.05, 3.63) is 34.6 Å². The lowest BCUT2D eigenvalue weighted by Gasteiger charge is -2.37. The molecule has 1 aliphatic carbocycles. The van der Waals surface area contributed by atoms with E-state index >= 15 is 0 Å². The minimum atomic E-state index is -0.499. The third kappa shape index (κ3) is 3.55. The van der Waals surface area contributed by atoms with Gasteiger partial charge in [-0.15, -0.1) is 0 Å². The highest BCUT2D eigenvalue weighted by Gasteiger charge is 2.38. The van der Waals surface area contributed by atoms with Crippen molar-refractivity contribution >= 4 is 17.5 Å². The highest BCUT2D eigenvalue weighted by Crippen LogP contribution is 2.33. The topological polar surface area (TPSA) is 55.1 Å². The van der Waals surface area contributed by atoms with Crippen LogP contribution in [0, 0.1) is 11.7 Å². The Morgan fingerprint density at radius 3 is 2.86 bits per heavy atom. The second-order valence-electron chi connectivity index (χ2n) is 6.17. The van der Waals surface area contributed by atoms with Gasteiger partial charge in [-0.1, -0.05) is 30.5 Å². The van der Waals surface area contributed by atoms with Gasteiger partial charge < -0.3 is 11.1 Å². The maximum absolute atomic E-state index is 13.9. The van der Waals surface area contributed by atoms with Crippen LogP contribution in [0.5, 0.6) is 0 Å². The minimum absolute atomic E-state index is 0.119. The number of carbonyl (C=O) groups excluding carboxylic acids is 1. The van der Waals surface area contributed by atoms with Gasteiger partial charge in [0.05, 0.1) is 12.0 Å². The van der Waals surface area contributed by atoms with Crippen molar-refractivity contribution in [3.8, 4) is 0 Å². The van der Waals surface area contributed by atoms with E-state index in [4.69, 9.17) is 17.3 Å². The van der Waals surface area contributed by atoms with E-state index in [-0.39, 0.29) is 11.8 Å². The molecule has 0 heterocycles. The largest absolute Gasteiger partial charge is 0.349 e. The van der Waals surface area contributed by atoms with Crippen molar-refractivity contribution in [3.63, 3.8) is 0 Å². The molecule has 1 aromatic rings. The van der Waals surface area contributed by atoms with Crippen molar-refractivity contribution in [2.24, 2.45) is 11.7 Å². The Bertz CT molecular complexity index is 513. The molecule has 0 bridgehead atoms. The number of hydrogen-bond acceptors (Lipinski definition) is 2. The van der Waals surface area contributed by atoms with Crippen LogP contribution in [0.25, 0.3) is 0 Å². The zero-order valence-electron chi connectivity index (χ0n) is 12.5. The van der Waals surface area contributed by atoms with Crippen LogP contribution in [-0.4, -0.2) is 11.4 Å². The smallest absolute Gasteiger partial charge is 0.225 e. The molecule has 3 nitrogen and oxygen atoms in total. The summed E-state index contributed by atoms with van der Waals surface area (Å²) in [6.07, 6.45) is 3.65. The highest BCUT2D eigenvalue weighted by molar-refractivity contribution is 6.31. The van der Waals surface area contributed by atoms with Crippen molar-refractivity contribution in [2.75, 3.05) is 0 Å². The molecule has 2 rings (SSSR count). The number of carbonyl (C=O) groups is 1. The second-order valence-corrected chi connectivity index (χ2v) is 6.58. The molecule has 0 aliphatic heterocycles. The van der Waals surface area contributed by atoms with Crippen molar-refractivity contribution in [1.82, 2.24) is 5.32 Å². The number of amides is 1. The number of benzene rings is 1. The zero-order chi connectivity index (χ0) is 15.6. The molecule has 1 amide bonds. The normalized spacial score (nSPS) is 27.2. The van der Waals surface area contributed by atoms with Gasteiger partial charge in [0.15, 0.2) is 0 Å². The van der Waals surface area contributed by atoms with E-state index in [1.165, 1.54) is 6.07 Å². The molecule has 3 N–H and O–H groups in total. The maximum Gasteiger partial charge on any atom is 0.225 e. The molecule has 0 spiro atoms. The molecule has 1 saturated carbocycles. The molecule has 1 fully saturated rings. The van der Waals surface area contributed by atoms with Gasteiger partial charge in [0.1, 0.15) is 5.82 Å². The van der Waals surface area contributed by atoms with E-state index < -0.39 is 17.4 Å². The summed E-state index contributed by atoms with van der Waals surface area (Å²) in [5, 5.41) is 3.18. The quantitative estimate of drug-likeness (QED) is 0.896. The fraction of sp³-hybridized carbons (Fsp3) is 0.562. The summed E-state index contributed by atoms with van der Waals surface area (Å²) in [4.78, 5) is 12.5. The monoisotopic (exact) mass is 312 g/mol. The van der Waals surface area contributed by atoms with Gasteiger partial charge in [-0.2, -0.15) is 0 Å². The number of rotatable bonds is 3. The zero-order valence-corrected chi connectivity index (χ0v) is 13.2. The Hall–Kier alpha value is -1.13. The lowest BCUT2D eigenvalue weighted by molar-refractivity contribution is -0.128. The maximum atomic E-state index is 13.9. The lowest BCUT2D eigenvalue weighted by atomic mass is 9.74. The highest BCUT2D eigenvalue weighted by atomic mass is 35.5. The predicted molar refractivity (Wildman–Crippen MR) is 82.5 cm³/mol. The van der Waals surface area contributed by atoms with E-state index in [0.717, 1.165) is 25.7 Å². The third-order valence-electron chi connectivity index (χ3n) is 4.36. The van der Waals surface area contributed by atoms with Crippen LogP contribution in [0.15, 0.2) is 18.2 Å².